The molecule has 5 N–H and O–H groups in total. The van der Waals surface area contributed by atoms with E-state index in [2.05, 4.69) is 6.58 Å². The molecule has 6 unspecified atom stereocenters. The summed E-state index contributed by atoms with van der Waals surface area (Å²) in [5.74, 6) is 0. The second-order valence-electron chi connectivity index (χ2n) is 6.16. The van der Waals surface area contributed by atoms with E-state index in [1.807, 2.05) is 13.0 Å². The van der Waals surface area contributed by atoms with Gasteiger partial charge in [-0.3, -0.25) is 0 Å². The highest BCUT2D eigenvalue weighted by atomic mass is 16.7. The Bertz CT molecular complexity index is 405. The zero-order valence-corrected chi connectivity index (χ0v) is 13.6. The van der Waals surface area contributed by atoms with Crippen LogP contribution in [-0.4, -0.2) is 75.1 Å². The monoisotopic (exact) mass is 332 g/mol. The maximum absolute atomic E-state index is 9.84. The van der Waals surface area contributed by atoms with Crippen LogP contribution in [0.2, 0.25) is 0 Å². The summed E-state index contributed by atoms with van der Waals surface area (Å²) in [4.78, 5) is 0. The molecule has 1 aliphatic rings. The van der Waals surface area contributed by atoms with Crippen molar-refractivity contribution in [2.75, 3.05) is 13.2 Å². The van der Waals surface area contributed by atoms with Crippen LogP contribution < -0.4 is 0 Å². The maximum atomic E-state index is 9.84. The van der Waals surface area contributed by atoms with Gasteiger partial charge in [-0.15, -0.1) is 6.58 Å². The molecule has 1 saturated heterocycles. The first-order chi connectivity index (χ1) is 10.7. The zero-order chi connectivity index (χ0) is 17.6. The Morgan fingerprint density at radius 2 is 1.91 bits per heavy atom. The third-order valence-corrected chi connectivity index (χ3v) is 3.91. The van der Waals surface area contributed by atoms with Crippen LogP contribution in [0.1, 0.15) is 26.7 Å². The molecule has 0 aromatic carbocycles. The predicted molar refractivity (Wildman–Crippen MR) is 83.5 cm³/mol. The Morgan fingerprint density at radius 3 is 2.48 bits per heavy atom. The first-order valence-electron chi connectivity index (χ1n) is 7.65. The van der Waals surface area contributed by atoms with E-state index in [4.69, 9.17) is 14.6 Å². The molecule has 134 valence electrons. The summed E-state index contributed by atoms with van der Waals surface area (Å²) >= 11 is 0. The quantitative estimate of drug-likeness (QED) is 0.379. The lowest BCUT2D eigenvalue weighted by Crippen LogP contribution is -2.59. The third kappa shape index (κ3) is 5.96. The number of ether oxygens (including phenoxy) is 2. The summed E-state index contributed by atoms with van der Waals surface area (Å²) in [5, 5.41) is 48.1. The van der Waals surface area contributed by atoms with Gasteiger partial charge in [0.1, 0.15) is 24.4 Å². The SMILES string of the molecule is C=CC(C)(O)CC/C=C(\C)COC1OC(CO)C(O)C(O)C1O. The molecule has 7 heteroatoms. The zero-order valence-electron chi connectivity index (χ0n) is 13.6. The normalized spacial score (nSPS) is 34.9. The molecule has 0 spiro atoms. The van der Waals surface area contributed by atoms with Gasteiger partial charge < -0.3 is 35.0 Å². The van der Waals surface area contributed by atoms with E-state index in [0.29, 0.717) is 12.8 Å². The smallest absolute Gasteiger partial charge is 0.187 e. The number of aliphatic hydroxyl groups is 5. The van der Waals surface area contributed by atoms with Crippen molar-refractivity contribution in [2.24, 2.45) is 0 Å². The molecule has 1 aliphatic heterocycles. The van der Waals surface area contributed by atoms with Gasteiger partial charge in [0, 0.05) is 0 Å². The van der Waals surface area contributed by atoms with Gasteiger partial charge in [0.25, 0.3) is 0 Å². The Balaban J connectivity index is 2.48. The Kier molecular flexibility index (Phi) is 7.82. The average Bonchev–Trinajstić information content (AvgIpc) is 2.52. The van der Waals surface area contributed by atoms with Gasteiger partial charge >= 0.3 is 0 Å². The summed E-state index contributed by atoms with van der Waals surface area (Å²) in [7, 11) is 0. The van der Waals surface area contributed by atoms with Crippen LogP contribution in [0.5, 0.6) is 0 Å². The van der Waals surface area contributed by atoms with Gasteiger partial charge in [0.2, 0.25) is 0 Å². The fraction of sp³-hybridized carbons (Fsp3) is 0.750. The molecule has 0 amide bonds. The van der Waals surface area contributed by atoms with Crippen molar-refractivity contribution < 1.29 is 35.0 Å². The van der Waals surface area contributed by atoms with Crippen molar-refractivity contribution in [1.29, 1.82) is 0 Å². The molecule has 1 fully saturated rings. The highest BCUT2D eigenvalue weighted by Crippen LogP contribution is 2.22. The molecule has 23 heavy (non-hydrogen) atoms. The van der Waals surface area contributed by atoms with Crippen LogP contribution in [0, 0.1) is 0 Å². The summed E-state index contributed by atoms with van der Waals surface area (Å²) in [6.07, 6.45) is -1.83. The second-order valence-corrected chi connectivity index (χ2v) is 6.16. The standard InChI is InChI=1S/C16H28O7/c1-4-16(3,21)7-5-6-10(2)9-22-15-14(20)13(19)12(18)11(8-17)23-15/h4,6,11-15,17-21H,1,5,7-9H2,2-3H3/b10-6+. The summed E-state index contributed by atoms with van der Waals surface area (Å²) in [6, 6.07) is 0. The van der Waals surface area contributed by atoms with E-state index in [1.165, 1.54) is 6.08 Å². The van der Waals surface area contributed by atoms with Crippen molar-refractivity contribution in [3.8, 4) is 0 Å². The third-order valence-electron chi connectivity index (χ3n) is 3.91. The number of aliphatic hydroxyl groups excluding tert-OH is 4. The molecule has 0 bridgehead atoms. The average molecular weight is 332 g/mol. The topological polar surface area (TPSA) is 120 Å². The molecule has 1 heterocycles. The summed E-state index contributed by atoms with van der Waals surface area (Å²) in [5.41, 5.74) is -0.0589. The second kappa shape index (κ2) is 8.89. The van der Waals surface area contributed by atoms with Gasteiger partial charge in [0.05, 0.1) is 18.8 Å². The van der Waals surface area contributed by atoms with Gasteiger partial charge in [-0.25, -0.2) is 0 Å². The molecule has 7 nitrogen and oxygen atoms in total. The molecule has 1 rings (SSSR count). The molecule has 0 aliphatic carbocycles. The van der Waals surface area contributed by atoms with Gasteiger partial charge in [-0.2, -0.15) is 0 Å². The van der Waals surface area contributed by atoms with Gasteiger partial charge in [-0.05, 0) is 26.7 Å². The number of allylic oxidation sites excluding steroid dienone is 1. The van der Waals surface area contributed by atoms with Crippen LogP contribution in [-0.2, 0) is 9.47 Å². The lowest BCUT2D eigenvalue weighted by Gasteiger charge is -2.39. The Labute approximate surface area is 136 Å². The molecular weight excluding hydrogens is 304 g/mol. The summed E-state index contributed by atoms with van der Waals surface area (Å²) < 4.78 is 10.7. The summed E-state index contributed by atoms with van der Waals surface area (Å²) in [6.45, 7) is 6.72. The van der Waals surface area contributed by atoms with E-state index in [1.54, 1.807) is 6.92 Å². The van der Waals surface area contributed by atoms with Crippen LogP contribution in [0.15, 0.2) is 24.3 Å². The first kappa shape index (κ1) is 20.2. The van der Waals surface area contributed by atoms with Crippen LogP contribution in [0.3, 0.4) is 0 Å². The number of hydrogen-bond acceptors (Lipinski definition) is 7. The van der Waals surface area contributed by atoms with Crippen molar-refractivity contribution in [1.82, 2.24) is 0 Å². The lowest BCUT2D eigenvalue weighted by molar-refractivity contribution is -0.299. The highest BCUT2D eigenvalue weighted by molar-refractivity contribution is 5.01. The molecule has 0 aromatic rings. The van der Waals surface area contributed by atoms with Crippen LogP contribution >= 0.6 is 0 Å². The van der Waals surface area contributed by atoms with E-state index >= 15 is 0 Å². The Hall–Kier alpha value is -0.800. The lowest BCUT2D eigenvalue weighted by atomic mass is 9.99. The van der Waals surface area contributed by atoms with Crippen molar-refractivity contribution in [2.45, 2.75) is 63.0 Å². The van der Waals surface area contributed by atoms with Gasteiger partial charge in [-0.1, -0.05) is 17.7 Å². The van der Waals surface area contributed by atoms with Crippen LogP contribution in [0.4, 0.5) is 0 Å². The first-order valence-corrected chi connectivity index (χ1v) is 7.65. The van der Waals surface area contributed by atoms with E-state index < -0.39 is 42.9 Å². The van der Waals surface area contributed by atoms with E-state index in [0.717, 1.165) is 5.57 Å². The van der Waals surface area contributed by atoms with E-state index in [-0.39, 0.29) is 6.61 Å². The minimum Gasteiger partial charge on any atom is -0.394 e. The predicted octanol–water partition coefficient (Wildman–Crippen LogP) is -0.534. The highest BCUT2D eigenvalue weighted by Gasteiger charge is 2.43. The fourth-order valence-corrected chi connectivity index (χ4v) is 2.19. The van der Waals surface area contributed by atoms with Crippen molar-refractivity contribution >= 4 is 0 Å². The molecule has 0 radical (unpaired) electrons. The molecule has 0 saturated carbocycles. The number of rotatable bonds is 8. The minimum absolute atomic E-state index is 0.152. The minimum atomic E-state index is -1.45. The molecule has 6 atom stereocenters. The molecular formula is C16H28O7. The maximum Gasteiger partial charge on any atom is 0.187 e. The van der Waals surface area contributed by atoms with Crippen molar-refractivity contribution in [3.63, 3.8) is 0 Å². The molecule has 0 aromatic heterocycles. The largest absolute Gasteiger partial charge is 0.394 e. The Morgan fingerprint density at radius 1 is 1.26 bits per heavy atom. The van der Waals surface area contributed by atoms with Crippen molar-refractivity contribution in [3.05, 3.63) is 24.3 Å². The van der Waals surface area contributed by atoms with Crippen LogP contribution in [0.25, 0.3) is 0 Å². The fourth-order valence-electron chi connectivity index (χ4n) is 2.19. The number of hydrogen-bond donors (Lipinski definition) is 5. The van der Waals surface area contributed by atoms with Gasteiger partial charge in [0.15, 0.2) is 6.29 Å². The van der Waals surface area contributed by atoms with E-state index in [9.17, 15) is 20.4 Å².